The highest BCUT2D eigenvalue weighted by molar-refractivity contribution is 5.81. The van der Waals surface area contributed by atoms with Gasteiger partial charge in [-0.15, -0.1) is 11.8 Å². The summed E-state index contributed by atoms with van der Waals surface area (Å²) in [7, 11) is 0. The van der Waals surface area contributed by atoms with Crippen molar-refractivity contribution in [3.8, 4) is 11.8 Å². The molecule has 1 fully saturated rings. The minimum absolute atomic E-state index is 0.211. The van der Waals surface area contributed by atoms with Crippen LogP contribution in [0.15, 0.2) is 0 Å². The number of ketones is 1. The van der Waals surface area contributed by atoms with E-state index >= 15 is 0 Å². The average Bonchev–Trinajstić information content (AvgIpc) is 2.18. The summed E-state index contributed by atoms with van der Waals surface area (Å²) in [5.41, 5.74) is 0. The Hall–Kier alpha value is -0.810. The predicted octanol–water partition coefficient (Wildman–Crippen LogP) is 2.03. The van der Waals surface area contributed by atoms with Crippen LogP contribution in [0.3, 0.4) is 0 Å². The number of carbonyl (C=O) groups excluding carboxylic acids is 1. The summed E-state index contributed by atoms with van der Waals surface area (Å²) in [4.78, 5) is 11.8. The van der Waals surface area contributed by atoms with Crippen molar-refractivity contribution in [3.63, 3.8) is 0 Å². The first-order valence-corrected chi connectivity index (χ1v) is 5.25. The molecule has 1 aliphatic rings. The summed E-state index contributed by atoms with van der Waals surface area (Å²) in [6.45, 7) is 5.37. The van der Waals surface area contributed by atoms with Crippen molar-refractivity contribution in [2.75, 3.05) is 13.2 Å². The fourth-order valence-electron chi connectivity index (χ4n) is 1.85. The van der Waals surface area contributed by atoms with Gasteiger partial charge in [-0.25, -0.2) is 0 Å². The lowest BCUT2D eigenvalue weighted by molar-refractivity contribution is -0.128. The highest BCUT2D eigenvalue weighted by Gasteiger charge is 2.27. The van der Waals surface area contributed by atoms with E-state index in [9.17, 15) is 4.79 Å². The Balaban J connectivity index is 2.36. The van der Waals surface area contributed by atoms with E-state index < -0.39 is 0 Å². The van der Waals surface area contributed by atoms with Crippen LogP contribution in [0.25, 0.3) is 0 Å². The molecule has 0 spiro atoms. The lowest BCUT2D eigenvalue weighted by Gasteiger charge is -2.27. The Bertz CT molecular complexity index is 247. The summed E-state index contributed by atoms with van der Waals surface area (Å²) in [6.07, 6.45) is 2.20. The van der Waals surface area contributed by atoms with Crippen molar-refractivity contribution < 1.29 is 9.53 Å². The number of carbonyl (C=O) groups is 1. The molecular formula is C12H18O2. The summed E-state index contributed by atoms with van der Waals surface area (Å²) in [6, 6.07) is 0. The van der Waals surface area contributed by atoms with Gasteiger partial charge < -0.3 is 4.74 Å². The van der Waals surface area contributed by atoms with E-state index in [0.717, 1.165) is 19.6 Å². The molecule has 1 rings (SSSR count). The zero-order valence-corrected chi connectivity index (χ0v) is 9.01. The topological polar surface area (TPSA) is 26.3 Å². The number of hydrogen-bond acceptors (Lipinski definition) is 2. The van der Waals surface area contributed by atoms with E-state index in [1.807, 2.05) is 6.92 Å². The van der Waals surface area contributed by atoms with Gasteiger partial charge in [0.1, 0.15) is 5.78 Å². The second-order valence-corrected chi connectivity index (χ2v) is 3.84. The molecule has 0 radical (unpaired) electrons. The molecule has 0 bridgehead atoms. The summed E-state index contributed by atoms with van der Waals surface area (Å²) < 4.78 is 5.31. The smallest absolute Gasteiger partial charge is 0.137 e. The van der Waals surface area contributed by atoms with Crippen LogP contribution in [-0.2, 0) is 9.53 Å². The number of ether oxygens (including phenoxy) is 1. The normalized spacial score (nSPS) is 26.4. The molecule has 0 aromatic carbocycles. The first-order chi connectivity index (χ1) is 6.75. The summed E-state index contributed by atoms with van der Waals surface area (Å²) in [5, 5.41) is 0. The predicted molar refractivity (Wildman–Crippen MR) is 55.8 cm³/mol. The third kappa shape index (κ3) is 3.16. The van der Waals surface area contributed by atoms with Crippen LogP contribution < -0.4 is 0 Å². The highest BCUT2D eigenvalue weighted by Crippen LogP contribution is 2.23. The van der Waals surface area contributed by atoms with Gasteiger partial charge in [0.05, 0.1) is 0 Å². The van der Waals surface area contributed by atoms with Gasteiger partial charge in [0.25, 0.3) is 0 Å². The van der Waals surface area contributed by atoms with Gasteiger partial charge in [0, 0.05) is 32.0 Å². The van der Waals surface area contributed by atoms with Crippen LogP contribution in [-0.4, -0.2) is 19.0 Å². The zero-order valence-electron chi connectivity index (χ0n) is 9.01. The minimum Gasteiger partial charge on any atom is -0.381 e. The van der Waals surface area contributed by atoms with Crippen LogP contribution in [0.1, 0.15) is 33.1 Å². The third-order valence-electron chi connectivity index (χ3n) is 2.73. The molecule has 2 unspecified atom stereocenters. The molecule has 0 aromatic heterocycles. The lowest BCUT2D eigenvalue weighted by atomic mass is 9.85. The fraction of sp³-hybridized carbons (Fsp3) is 0.750. The van der Waals surface area contributed by atoms with Crippen molar-refractivity contribution in [2.24, 2.45) is 11.8 Å². The maximum atomic E-state index is 11.8. The van der Waals surface area contributed by atoms with Crippen molar-refractivity contribution in [3.05, 3.63) is 0 Å². The molecule has 2 heteroatoms. The van der Waals surface area contributed by atoms with E-state index in [1.165, 1.54) is 0 Å². The summed E-state index contributed by atoms with van der Waals surface area (Å²) in [5.74, 6) is 6.70. The monoisotopic (exact) mass is 194 g/mol. The van der Waals surface area contributed by atoms with E-state index in [-0.39, 0.29) is 5.92 Å². The highest BCUT2D eigenvalue weighted by atomic mass is 16.5. The third-order valence-corrected chi connectivity index (χ3v) is 2.73. The first-order valence-electron chi connectivity index (χ1n) is 5.25. The second kappa shape index (κ2) is 5.82. The SMILES string of the molecule is CC#CCCC(=O)C1CCOCC1C. The molecular weight excluding hydrogens is 176 g/mol. The molecule has 0 aromatic rings. The van der Waals surface area contributed by atoms with Crippen LogP contribution in [0.5, 0.6) is 0 Å². The second-order valence-electron chi connectivity index (χ2n) is 3.84. The van der Waals surface area contributed by atoms with Gasteiger partial charge in [-0.3, -0.25) is 4.79 Å². The first kappa shape index (κ1) is 11.3. The maximum Gasteiger partial charge on any atom is 0.137 e. The molecule has 0 N–H and O–H groups in total. The van der Waals surface area contributed by atoms with Crippen LogP contribution >= 0.6 is 0 Å². The largest absolute Gasteiger partial charge is 0.381 e. The Labute approximate surface area is 86.0 Å². The standard InChI is InChI=1S/C12H18O2/c1-3-4-5-6-12(13)11-7-8-14-9-10(11)2/h10-11H,5-9H2,1-2H3. The molecule has 2 nitrogen and oxygen atoms in total. The van der Waals surface area contributed by atoms with Gasteiger partial charge in [0.2, 0.25) is 0 Å². The van der Waals surface area contributed by atoms with Crippen LogP contribution in [0.2, 0.25) is 0 Å². The number of rotatable bonds is 3. The van der Waals surface area contributed by atoms with E-state index in [2.05, 4.69) is 18.8 Å². The van der Waals surface area contributed by atoms with Gasteiger partial charge in [-0.1, -0.05) is 6.92 Å². The average molecular weight is 194 g/mol. The Morgan fingerprint density at radius 1 is 1.57 bits per heavy atom. The molecule has 1 heterocycles. The molecule has 1 saturated heterocycles. The quantitative estimate of drug-likeness (QED) is 0.643. The zero-order chi connectivity index (χ0) is 10.4. The van der Waals surface area contributed by atoms with E-state index in [1.54, 1.807) is 0 Å². The number of Topliss-reactive ketones (excluding diaryl/α,β-unsaturated/α-hetero) is 1. The molecule has 0 aliphatic carbocycles. The van der Waals surface area contributed by atoms with Crippen LogP contribution in [0.4, 0.5) is 0 Å². The van der Waals surface area contributed by atoms with Gasteiger partial charge in [0.15, 0.2) is 0 Å². The van der Waals surface area contributed by atoms with Gasteiger partial charge >= 0.3 is 0 Å². The molecule has 0 amide bonds. The molecule has 78 valence electrons. The van der Waals surface area contributed by atoms with E-state index in [4.69, 9.17) is 4.74 Å². The van der Waals surface area contributed by atoms with Gasteiger partial charge in [-0.2, -0.15) is 0 Å². The van der Waals surface area contributed by atoms with Crippen molar-refractivity contribution in [1.82, 2.24) is 0 Å². The van der Waals surface area contributed by atoms with Crippen LogP contribution in [0, 0.1) is 23.7 Å². The Morgan fingerprint density at radius 2 is 2.36 bits per heavy atom. The van der Waals surface area contributed by atoms with Gasteiger partial charge in [-0.05, 0) is 19.3 Å². The fourth-order valence-corrected chi connectivity index (χ4v) is 1.85. The van der Waals surface area contributed by atoms with Crippen molar-refractivity contribution >= 4 is 5.78 Å². The molecule has 14 heavy (non-hydrogen) atoms. The number of hydrogen-bond donors (Lipinski definition) is 0. The Morgan fingerprint density at radius 3 is 3.00 bits per heavy atom. The Kier molecular flexibility index (Phi) is 4.69. The molecule has 2 atom stereocenters. The maximum absolute atomic E-state index is 11.8. The molecule has 0 saturated carbocycles. The van der Waals surface area contributed by atoms with Crippen molar-refractivity contribution in [1.29, 1.82) is 0 Å². The summed E-state index contributed by atoms with van der Waals surface area (Å²) >= 11 is 0. The lowest BCUT2D eigenvalue weighted by Crippen LogP contribution is -2.31. The van der Waals surface area contributed by atoms with Crippen molar-refractivity contribution in [2.45, 2.75) is 33.1 Å². The van der Waals surface area contributed by atoms with E-state index in [0.29, 0.717) is 24.5 Å². The molecule has 1 aliphatic heterocycles. The minimum atomic E-state index is 0.211.